The van der Waals surface area contributed by atoms with Crippen molar-refractivity contribution in [2.45, 2.75) is 12.5 Å². The van der Waals surface area contributed by atoms with Crippen LogP contribution in [0.2, 0.25) is 0 Å². The molecule has 0 saturated carbocycles. The third-order valence-electron chi connectivity index (χ3n) is 2.87. The molecule has 0 radical (unpaired) electrons. The Balaban J connectivity index is 2.13. The predicted molar refractivity (Wildman–Crippen MR) is 75.5 cm³/mol. The van der Waals surface area contributed by atoms with Crippen molar-refractivity contribution in [3.8, 4) is 0 Å². The summed E-state index contributed by atoms with van der Waals surface area (Å²) in [6, 6.07) is 8.23. The number of anilines is 1. The average Bonchev–Trinajstić information content (AvgIpc) is 2.91. The molecule has 1 unspecified atom stereocenters. The van der Waals surface area contributed by atoms with Gasteiger partial charge in [-0.1, -0.05) is 12.1 Å². The van der Waals surface area contributed by atoms with Crippen molar-refractivity contribution in [3.05, 3.63) is 56.8 Å². The maximum atomic E-state index is 10.9. The van der Waals surface area contributed by atoms with Gasteiger partial charge in [0.15, 0.2) is 0 Å². The first-order valence-corrected chi connectivity index (χ1v) is 6.67. The number of nitro groups is 1. The van der Waals surface area contributed by atoms with Crippen LogP contribution < -0.4 is 5.32 Å². The van der Waals surface area contributed by atoms with Gasteiger partial charge in [-0.25, -0.2) is 0 Å². The van der Waals surface area contributed by atoms with Gasteiger partial charge in [0.1, 0.15) is 11.3 Å². The van der Waals surface area contributed by atoms with Gasteiger partial charge >= 0.3 is 0 Å². The van der Waals surface area contributed by atoms with E-state index < -0.39 is 10.5 Å². The van der Waals surface area contributed by atoms with E-state index in [0.29, 0.717) is 5.69 Å². The van der Waals surface area contributed by atoms with Crippen LogP contribution in [0, 0.1) is 10.1 Å². The molecule has 0 aliphatic heterocycles. The van der Waals surface area contributed by atoms with Crippen molar-refractivity contribution in [2.75, 3.05) is 11.9 Å². The lowest BCUT2D eigenvalue weighted by Gasteiger charge is -2.23. The van der Waals surface area contributed by atoms with Gasteiger partial charge in [0, 0.05) is 12.6 Å². The van der Waals surface area contributed by atoms with Crippen LogP contribution in [0.25, 0.3) is 0 Å². The summed E-state index contributed by atoms with van der Waals surface area (Å²) in [6.07, 6.45) is 0. The SMILES string of the molecule is CC(O)(CNc1ccccc1[N+](=O)[O-])c1ccsc1. The highest BCUT2D eigenvalue weighted by Gasteiger charge is 2.24. The second-order valence-electron chi connectivity index (χ2n) is 4.41. The molecule has 1 atom stereocenters. The molecule has 6 heteroatoms. The highest BCUT2D eigenvalue weighted by molar-refractivity contribution is 7.08. The number of benzene rings is 1. The first-order chi connectivity index (χ1) is 9.00. The lowest BCUT2D eigenvalue weighted by Crippen LogP contribution is -2.30. The molecule has 2 aromatic rings. The number of aliphatic hydroxyl groups is 1. The molecule has 1 aromatic carbocycles. The van der Waals surface area contributed by atoms with Crippen molar-refractivity contribution in [3.63, 3.8) is 0 Å². The molecule has 100 valence electrons. The zero-order valence-corrected chi connectivity index (χ0v) is 11.2. The Kier molecular flexibility index (Phi) is 3.82. The Labute approximate surface area is 114 Å². The second-order valence-corrected chi connectivity index (χ2v) is 5.19. The molecular formula is C13H14N2O3S. The highest BCUT2D eigenvalue weighted by atomic mass is 32.1. The number of nitrogens with zero attached hydrogens (tertiary/aromatic N) is 1. The average molecular weight is 278 g/mol. The van der Waals surface area contributed by atoms with Crippen molar-refractivity contribution in [1.29, 1.82) is 0 Å². The summed E-state index contributed by atoms with van der Waals surface area (Å²) in [6.45, 7) is 1.88. The minimum atomic E-state index is -1.07. The van der Waals surface area contributed by atoms with E-state index >= 15 is 0 Å². The molecule has 5 nitrogen and oxygen atoms in total. The minimum Gasteiger partial charge on any atom is -0.384 e. The Hall–Kier alpha value is -1.92. The second kappa shape index (κ2) is 5.38. The monoisotopic (exact) mass is 278 g/mol. The fraction of sp³-hybridized carbons (Fsp3) is 0.231. The number of nitrogens with one attached hydrogen (secondary N) is 1. The Morgan fingerprint density at radius 3 is 2.79 bits per heavy atom. The van der Waals surface area contributed by atoms with E-state index in [0.717, 1.165) is 5.56 Å². The van der Waals surface area contributed by atoms with Crippen molar-refractivity contribution >= 4 is 22.7 Å². The van der Waals surface area contributed by atoms with Crippen LogP contribution in [0.5, 0.6) is 0 Å². The molecule has 1 heterocycles. The highest BCUT2D eigenvalue weighted by Crippen LogP contribution is 2.27. The standard InChI is InChI=1S/C13H14N2O3S/c1-13(16,10-6-7-19-8-10)9-14-11-4-2-3-5-12(11)15(17)18/h2-8,14,16H,9H2,1H3. The number of rotatable bonds is 5. The van der Waals surface area contributed by atoms with Crippen molar-refractivity contribution in [1.82, 2.24) is 0 Å². The molecule has 0 saturated heterocycles. The topological polar surface area (TPSA) is 75.4 Å². The van der Waals surface area contributed by atoms with E-state index in [-0.39, 0.29) is 12.2 Å². The number of thiophene rings is 1. The lowest BCUT2D eigenvalue weighted by molar-refractivity contribution is -0.384. The molecule has 0 fully saturated rings. The first kappa shape index (κ1) is 13.5. The van der Waals surface area contributed by atoms with Gasteiger partial charge in [-0.2, -0.15) is 11.3 Å². The van der Waals surface area contributed by atoms with Gasteiger partial charge < -0.3 is 10.4 Å². The van der Waals surface area contributed by atoms with Crippen LogP contribution >= 0.6 is 11.3 Å². The molecule has 0 amide bonds. The van der Waals surface area contributed by atoms with Crippen LogP contribution in [-0.4, -0.2) is 16.6 Å². The van der Waals surface area contributed by atoms with Crippen molar-refractivity contribution in [2.24, 2.45) is 0 Å². The number of hydrogen-bond acceptors (Lipinski definition) is 5. The molecular weight excluding hydrogens is 264 g/mol. The van der Waals surface area contributed by atoms with Gasteiger partial charge in [-0.15, -0.1) is 0 Å². The summed E-state index contributed by atoms with van der Waals surface area (Å²) in [5, 5.41) is 27.9. The summed E-state index contributed by atoms with van der Waals surface area (Å²) in [5.41, 5.74) is 0.138. The van der Waals surface area contributed by atoms with Gasteiger partial charge in [0.05, 0.1) is 4.92 Å². The molecule has 2 rings (SSSR count). The summed E-state index contributed by atoms with van der Waals surface area (Å²) in [7, 11) is 0. The van der Waals surface area contributed by atoms with Gasteiger partial charge in [0.2, 0.25) is 0 Å². The van der Waals surface area contributed by atoms with Crippen LogP contribution in [0.3, 0.4) is 0 Å². The minimum absolute atomic E-state index is 0.00335. The summed E-state index contributed by atoms with van der Waals surface area (Å²) < 4.78 is 0. The molecule has 0 spiro atoms. The van der Waals surface area contributed by atoms with Crippen LogP contribution in [0.4, 0.5) is 11.4 Å². The summed E-state index contributed by atoms with van der Waals surface area (Å²) in [4.78, 5) is 10.4. The molecule has 0 aliphatic carbocycles. The van der Waals surface area contributed by atoms with Crippen LogP contribution in [-0.2, 0) is 5.60 Å². The van der Waals surface area contributed by atoms with E-state index in [1.165, 1.54) is 17.4 Å². The summed E-state index contributed by atoms with van der Waals surface area (Å²) in [5.74, 6) is 0. The van der Waals surface area contributed by atoms with E-state index in [2.05, 4.69) is 5.32 Å². The normalized spacial score (nSPS) is 13.8. The molecule has 19 heavy (non-hydrogen) atoms. The van der Waals surface area contributed by atoms with E-state index in [9.17, 15) is 15.2 Å². The third-order valence-corrected chi connectivity index (χ3v) is 3.55. The van der Waals surface area contributed by atoms with Gasteiger partial charge in [0.25, 0.3) is 5.69 Å². The Morgan fingerprint density at radius 2 is 2.16 bits per heavy atom. The molecule has 0 bridgehead atoms. The zero-order valence-electron chi connectivity index (χ0n) is 10.4. The first-order valence-electron chi connectivity index (χ1n) is 5.73. The molecule has 2 N–H and O–H groups in total. The van der Waals surface area contributed by atoms with Crippen LogP contribution in [0.15, 0.2) is 41.1 Å². The largest absolute Gasteiger partial charge is 0.384 e. The third kappa shape index (κ3) is 3.10. The fourth-order valence-electron chi connectivity index (χ4n) is 1.72. The van der Waals surface area contributed by atoms with Gasteiger partial charge in [-0.3, -0.25) is 10.1 Å². The smallest absolute Gasteiger partial charge is 0.292 e. The Morgan fingerprint density at radius 1 is 1.42 bits per heavy atom. The summed E-state index contributed by atoms with van der Waals surface area (Å²) >= 11 is 1.50. The lowest BCUT2D eigenvalue weighted by atomic mass is 9.99. The maximum Gasteiger partial charge on any atom is 0.292 e. The van der Waals surface area contributed by atoms with E-state index in [1.54, 1.807) is 25.1 Å². The maximum absolute atomic E-state index is 10.9. The number of para-hydroxylation sites is 2. The zero-order chi connectivity index (χ0) is 13.9. The Bertz CT molecular complexity index is 567. The number of nitro benzene ring substituents is 1. The van der Waals surface area contributed by atoms with Crippen LogP contribution in [0.1, 0.15) is 12.5 Å². The van der Waals surface area contributed by atoms with Crippen molar-refractivity contribution < 1.29 is 10.0 Å². The quantitative estimate of drug-likeness (QED) is 0.651. The van der Waals surface area contributed by atoms with E-state index in [1.807, 2.05) is 16.8 Å². The fourth-order valence-corrected chi connectivity index (χ4v) is 2.51. The number of hydrogen-bond donors (Lipinski definition) is 2. The molecule has 0 aliphatic rings. The van der Waals surface area contributed by atoms with Gasteiger partial charge in [-0.05, 0) is 35.4 Å². The van der Waals surface area contributed by atoms with E-state index in [4.69, 9.17) is 0 Å². The predicted octanol–water partition coefficient (Wildman–Crippen LogP) is 2.98. The molecule has 1 aromatic heterocycles.